The Morgan fingerprint density at radius 2 is 1.74 bits per heavy atom. The number of hydrogen-bond donors (Lipinski definition) is 0. The van der Waals surface area contributed by atoms with Crippen LogP contribution in [0.1, 0.15) is 61.0 Å². The summed E-state index contributed by atoms with van der Waals surface area (Å²) in [4.78, 5) is 13.2. The zero-order valence-electron chi connectivity index (χ0n) is 34.7. The van der Waals surface area contributed by atoms with Crippen molar-refractivity contribution in [2.75, 3.05) is 0 Å². The summed E-state index contributed by atoms with van der Waals surface area (Å²) in [6.45, 7) is 13.9. The van der Waals surface area contributed by atoms with Crippen LogP contribution in [0.5, 0.6) is 0 Å². The first-order chi connectivity index (χ1) is 24.0. The second-order valence-corrected chi connectivity index (χ2v) is 18.5. The van der Waals surface area contributed by atoms with E-state index in [0.717, 1.165) is 27.4 Å². The monoisotopic (exact) mass is 811 g/mol. The van der Waals surface area contributed by atoms with E-state index in [1.807, 2.05) is 77.2 Å². The van der Waals surface area contributed by atoms with Gasteiger partial charge in [-0.1, -0.05) is 88.5 Å². The van der Waals surface area contributed by atoms with E-state index in [0.29, 0.717) is 27.8 Å². The van der Waals surface area contributed by atoms with Crippen molar-refractivity contribution in [2.24, 2.45) is 11.3 Å². The van der Waals surface area contributed by atoms with Crippen molar-refractivity contribution in [1.82, 2.24) is 15.0 Å². The molecule has 0 amide bonds. The Balaban J connectivity index is 0.000000239. The average Bonchev–Trinajstić information content (AvgIpc) is 3.46. The van der Waals surface area contributed by atoms with Crippen LogP contribution in [0.15, 0.2) is 83.5 Å². The van der Waals surface area contributed by atoms with Crippen molar-refractivity contribution in [1.29, 1.82) is 0 Å². The van der Waals surface area contributed by atoms with Crippen molar-refractivity contribution in [3.8, 4) is 22.5 Å². The van der Waals surface area contributed by atoms with E-state index < -0.39 is 33.1 Å². The maximum Gasteiger partial charge on any atom is 0.216 e. The van der Waals surface area contributed by atoms with Crippen molar-refractivity contribution in [2.45, 2.75) is 73.9 Å². The number of nitrogens with zero attached hydrogens (tertiary/aromatic N) is 3. The Kier molecular flexibility index (Phi) is 8.41. The third-order valence-corrected chi connectivity index (χ3v) is 8.99. The molecule has 0 saturated carbocycles. The zero-order chi connectivity index (χ0) is 38.4. The molecule has 0 unspecified atom stereocenters. The number of furan rings is 1. The predicted octanol–water partition coefficient (Wildman–Crippen LogP) is 10.0. The zero-order valence-corrected chi connectivity index (χ0v) is 31.1. The van der Waals surface area contributed by atoms with E-state index in [-0.39, 0.29) is 37.4 Å². The van der Waals surface area contributed by atoms with Crippen molar-refractivity contribution in [3.05, 3.63) is 108 Å². The molecule has 6 heteroatoms. The molecule has 4 heterocycles. The van der Waals surface area contributed by atoms with Crippen LogP contribution in [0.3, 0.4) is 0 Å². The van der Waals surface area contributed by atoms with Gasteiger partial charge in [0.1, 0.15) is 0 Å². The molecule has 0 saturated heterocycles. The molecule has 0 aliphatic rings. The van der Waals surface area contributed by atoms with Gasteiger partial charge in [-0.05, 0) is 65.7 Å². The van der Waals surface area contributed by atoms with Crippen LogP contribution >= 0.6 is 0 Å². The van der Waals surface area contributed by atoms with Crippen molar-refractivity contribution in [3.63, 3.8) is 0 Å². The minimum absolute atomic E-state index is 0. The van der Waals surface area contributed by atoms with Gasteiger partial charge in [0.05, 0.1) is 13.7 Å². The van der Waals surface area contributed by atoms with Gasteiger partial charge in [0.2, 0.25) is 5.71 Å². The van der Waals surface area contributed by atoms with Gasteiger partial charge >= 0.3 is 0 Å². The quantitative estimate of drug-likeness (QED) is 0.124. The summed E-state index contributed by atoms with van der Waals surface area (Å²) in [6, 6.07) is 26.1. The molecule has 0 atom stereocenters. The summed E-state index contributed by atoms with van der Waals surface area (Å²) in [5, 5.41) is 2.58. The van der Waals surface area contributed by atoms with Crippen LogP contribution < -0.4 is 5.19 Å². The molecule has 1 radical (unpaired) electrons. The minimum Gasteiger partial charge on any atom is -0.486 e. The maximum atomic E-state index is 8.75. The van der Waals surface area contributed by atoms with Gasteiger partial charge in [-0.15, -0.1) is 54.1 Å². The number of rotatable bonds is 6. The molecule has 0 N–H and O–H groups in total. The second-order valence-electron chi connectivity index (χ2n) is 13.5. The summed E-state index contributed by atoms with van der Waals surface area (Å²) in [6.07, 6.45) is 0.539. The molecule has 0 aliphatic carbocycles. The third kappa shape index (κ3) is 8.67. The normalized spacial score (nSPS) is 14.9. The number of aryl methyl sites for hydroxylation is 1. The fourth-order valence-corrected chi connectivity index (χ4v) is 6.46. The molecule has 2 aromatic carbocycles. The fourth-order valence-electron chi connectivity index (χ4n) is 5.06. The van der Waals surface area contributed by atoms with E-state index in [4.69, 9.17) is 14.0 Å². The molecule has 0 aliphatic heterocycles. The largest absolute Gasteiger partial charge is 0.486 e. The van der Waals surface area contributed by atoms with Crippen LogP contribution in [-0.4, -0.2) is 23.0 Å². The average molecular weight is 811 g/mol. The summed E-state index contributed by atoms with van der Waals surface area (Å²) in [5.74, 6) is -0.203. The molecule has 4 nitrogen and oxygen atoms in total. The number of benzene rings is 2. The maximum absolute atomic E-state index is 8.75. The fraction of sp³-hybridized carbons (Fsp3) is 0.325. The Bertz CT molecular complexity index is 2210. The van der Waals surface area contributed by atoms with E-state index in [1.165, 1.54) is 6.07 Å². The smallest absolute Gasteiger partial charge is 0.216 e. The summed E-state index contributed by atoms with van der Waals surface area (Å²) < 4.78 is 62.8. The van der Waals surface area contributed by atoms with Crippen molar-refractivity contribution < 1.29 is 34.1 Å². The van der Waals surface area contributed by atoms with Crippen LogP contribution in [0, 0.1) is 30.3 Å². The van der Waals surface area contributed by atoms with Crippen LogP contribution in [-0.2, 0) is 32.9 Å². The van der Waals surface area contributed by atoms with E-state index >= 15 is 0 Å². The van der Waals surface area contributed by atoms with Gasteiger partial charge < -0.3 is 14.4 Å². The Labute approximate surface area is 299 Å². The molecule has 0 bridgehead atoms. The Hall–Kier alpha value is -3.44. The molecule has 6 aromatic rings. The van der Waals surface area contributed by atoms with Gasteiger partial charge in [0.15, 0.2) is 0 Å². The summed E-state index contributed by atoms with van der Waals surface area (Å²) in [7, 11) is -1.70. The molecule has 4 aromatic heterocycles. The number of aromatic nitrogens is 3. The summed E-state index contributed by atoms with van der Waals surface area (Å²) >= 11 is 0. The molecular weight excluding hydrogens is 759 g/mol. The number of pyridine rings is 3. The second kappa shape index (κ2) is 14.5. The number of hydrogen-bond acceptors (Lipinski definition) is 4. The van der Waals surface area contributed by atoms with Crippen LogP contribution in [0.25, 0.3) is 44.6 Å². The van der Waals surface area contributed by atoms with Gasteiger partial charge in [-0.25, -0.2) is 4.98 Å². The van der Waals surface area contributed by atoms with Gasteiger partial charge in [0, 0.05) is 53.2 Å². The molecule has 6 rings (SSSR count). The molecule has 241 valence electrons. The van der Waals surface area contributed by atoms with Gasteiger partial charge in [-0.2, -0.15) is 0 Å². The van der Waals surface area contributed by atoms with E-state index in [2.05, 4.69) is 46.7 Å². The van der Waals surface area contributed by atoms with E-state index in [1.54, 1.807) is 30.5 Å². The van der Waals surface area contributed by atoms with Crippen LogP contribution in [0.4, 0.5) is 0 Å². The standard InChI is InChI=1S/C21H19N2O.C19H26NSi.Ir/c1-13(2)11-15-9-10-22-19(12-15)18-6-4-5-16-17-8-7-14(3)23-21(17)24-20(16)18;1-19(2,3)13-16-12-17(15-10-8-7-9-11-15)20-14-18(16)21(4,5)6;/h4-5,7-10,12-13H,11H2,1-3H3;7-10,12,14H,13H2,1-6H3;/q2*-1;/i3D3,11D2;13D2;. The SMILES string of the molecule is [2H]C([2H])([2H])c1ccc2c(n1)oc1c(-c3cc(C([2H])([2H])C(C)C)ccn3)[c-]ccc12.[2H]C([2H])(c1cc(-c2[c-]cccc2)ncc1[Si](C)(C)C)C(C)(C)C.[Ir]. The van der Waals surface area contributed by atoms with Gasteiger partial charge in [0.25, 0.3) is 0 Å². The first-order valence-electron chi connectivity index (χ1n) is 18.7. The van der Waals surface area contributed by atoms with E-state index in [9.17, 15) is 0 Å². The van der Waals surface area contributed by atoms with Crippen molar-refractivity contribution >= 4 is 35.3 Å². The molecule has 46 heavy (non-hydrogen) atoms. The van der Waals surface area contributed by atoms with Gasteiger partial charge in [-0.3, -0.25) is 0 Å². The van der Waals surface area contributed by atoms with Crippen LogP contribution in [0.2, 0.25) is 19.6 Å². The number of fused-ring (bicyclic) bond motifs is 3. The molecule has 0 spiro atoms. The first-order valence-corrected chi connectivity index (χ1v) is 18.7. The Morgan fingerprint density at radius 3 is 2.41 bits per heavy atom. The predicted molar refractivity (Wildman–Crippen MR) is 192 cm³/mol. The molecule has 0 fully saturated rings. The summed E-state index contributed by atoms with van der Waals surface area (Å²) in [5.41, 5.74) is 4.34. The third-order valence-electron chi connectivity index (χ3n) is 6.98. The topological polar surface area (TPSA) is 51.8 Å². The minimum atomic E-state index is -2.32. The first kappa shape index (κ1) is 26.6. The molecular formula is C40H45IrN3OSi-2. The Morgan fingerprint density at radius 1 is 0.935 bits per heavy atom.